The Morgan fingerprint density at radius 3 is 3.00 bits per heavy atom. The second kappa shape index (κ2) is 5.29. The molecular formula is C11H9BrN2O2S. The van der Waals surface area contributed by atoms with Crippen LogP contribution in [0.4, 0.5) is 5.82 Å². The largest absolute Gasteiger partial charge is 0.496 e. The van der Waals surface area contributed by atoms with Gasteiger partial charge in [-0.15, -0.1) is 11.3 Å². The van der Waals surface area contributed by atoms with Gasteiger partial charge in [-0.05, 0) is 28.1 Å². The lowest BCUT2D eigenvalue weighted by molar-refractivity contribution is 0.103. The fourth-order valence-electron chi connectivity index (χ4n) is 1.20. The Bertz CT molecular complexity index is 542. The number of amides is 1. The first-order valence-corrected chi connectivity index (χ1v) is 6.43. The topological polar surface area (TPSA) is 51.2 Å². The molecule has 0 saturated carbocycles. The van der Waals surface area contributed by atoms with Gasteiger partial charge in [-0.3, -0.25) is 4.79 Å². The Hall–Kier alpha value is -1.40. The minimum atomic E-state index is -0.191. The van der Waals surface area contributed by atoms with Gasteiger partial charge in [0.15, 0.2) is 0 Å². The third-order valence-corrected chi connectivity index (χ3v) is 3.34. The number of rotatable bonds is 3. The summed E-state index contributed by atoms with van der Waals surface area (Å²) in [5, 5.41) is 4.49. The van der Waals surface area contributed by atoms with Crippen LogP contribution in [0.25, 0.3) is 0 Å². The summed E-state index contributed by atoms with van der Waals surface area (Å²) in [5.41, 5.74) is 0. The van der Waals surface area contributed by atoms with Crippen LogP contribution >= 0.6 is 27.3 Å². The van der Waals surface area contributed by atoms with E-state index in [0.29, 0.717) is 21.0 Å². The van der Waals surface area contributed by atoms with E-state index >= 15 is 0 Å². The maximum atomic E-state index is 11.8. The zero-order valence-corrected chi connectivity index (χ0v) is 11.3. The van der Waals surface area contributed by atoms with Crippen molar-refractivity contribution in [2.75, 3.05) is 12.4 Å². The van der Waals surface area contributed by atoms with Gasteiger partial charge < -0.3 is 10.1 Å². The summed E-state index contributed by atoms with van der Waals surface area (Å²) < 4.78 is 5.70. The molecule has 2 rings (SSSR count). The summed E-state index contributed by atoms with van der Waals surface area (Å²) in [4.78, 5) is 16.6. The highest BCUT2D eigenvalue weighted by Gasteiger charge is 2.10. The van der Waals surface area contributed by atoms with Gasteiger partial charge in [0, 0.05) is 11.4 Å². The summed E-state index contributed by atoms with van der Waals surface area (Å²) in [7, 11) is 1.57. The van der Waals surface area contributed by atoms with Crippen LogP contribution < -0.4 is 10.1 Å². The van der Waals surface area contributed by atoms with Gasteiger partial charge in [0.1, 0.15) is 16.2 Å². The lowest BCUT2D eigenvalue weighted by Gasteiger charge is -2.02. The van der Waals surface area contributed by atoms with E-state index in [0.717, 1.165) is 0 Å². The van der Waals surface area contributed by atoms with E-state index in [1.807, 2.05) is 6.07 Å². The van der Waals surface area contributed by atoms with Gasteiger partial charge in [0.05, 0.1) is 12.0 Å². The van der Waals surface area contributed by atoms with Crippen LogP contribution in [0.5, 0.6) is 5.75 Å². The summed E-state index contributed by atoms with van der Waals surface area (Å²) in [6, 6.07) is 7.02. The van der Waals surface area contributed by atoms with Crippen molar-refractivity contribution in [3.63, 3.8) is 0 Å². The van der Waals surface area contributed by atoms with Gasteiger partial charge in [0.25, 0.3) is 5.91 Å². The van der Waals surface area contributed by atoms with Crippen molar-refractivity contribution in [2.45, 2.75) is 0 Å². The Kier molecular flexibility index (Phi) is 3.75. The van der Waals surface area contributed by atoms with Crippen LogP contribution in [0.15, 0.2) is 34.2 Å². The SMILES string of the molecule is COc1csc(C(=O)Nc2cccc(Br)n2)c1. The van der Waals surface area contributed by atoms with Crippen molar-refractivity contribution in [3.8, 4) is 5.75 Å². The molecule has 0 spiro atoms. The molecule has 0 aliphatic rings. The normalized spacial score (nSPS) is 10.0. The molecule has 0 aromatic carbocycles. The van der Waals surface area contributed by atoms with E-state index in [-0.39, 0.29) is 5.91 Å². The maximum Gasteiger partial charge on any atom is 0.267 e. The maximum absolute atomic E-state index is 11.8. The molecule has 17 heavy (non-hydrogen) atoms. The molecule has 0 fully saturated rings. The number of hydrogen-bond acceptors (Lipinski definition) is 4. The monoisotopic (exact) mass is 312 g/mol. The average molecular weight is 313 g/mol. The first-order valence-electron chi connectivity index (χ1n) is 4.75. The molecular weight excluding hydrogens is 304 g/mol. The molecule has 0 saturated heterocycles. The van der Waals surface area contributed by atoms with E-state index in [2.05, 4.69) is 26.2 Å². The number of carbonyl (C=O) groups is 1. The summed E-state index contributed by atoms with van der Waals surface area (Å²) >= 11 is 4.57. The molecule has 4 nitrogen and oxygen atoms in total. The van der Waals surface area contributed by atoms with Crippen molar-refractivity contribution in [3.05, 3.63) is 39.1 Å². The highest BCUT2D eigenvalue weighted by atomic mass is 79.9. The minimum absolute atomic E-state index is 0.191. The number of anilines is 1. The highest BCUT2D eigenvalue weighted by Crippen LogP contribution is 2.22. The van der Waals surface area contributed by atoms with Crippen molar-refractivity contribution in [1.82, 2.24) is 4.98 Å². The fraction of sp³-hybridized carbons (Fsp3) is 0.0909. The summed E-state index contributed by atoms with van der Waals surface area (Å²) in [6.45, 7) is 0. The number of methoxy groups -OCH3 is 1. The standard InChI is InChI=1S/C11H9BrN2O2S/c1-16-7-5-8(17-6-7)11(15)14-10-4-2-3-9(12)13-10/h2-6H,1H3,(H,13,14,15). The van der Waals surface area contributed by atoms with Crippen LogP contribution in [0.1, 0.15) is 9.67 Å². The first kappa shape index (κ1) is 12.1. The number of ether oxygens (including phenoxy) is 1. The van der Waals surface area contributed by atoms with Gasteiger partial charge in [-0.2, -0.15) is 0 Å². The van der Waals surface area contributed by atoms with Crippen molar-refractivity contribution in [1.29, 1.82) is 0 Å². The number of carbonyl (C=O) groups excluding carboxylic acids is 1. The van der Waals surface area contributed by atoms with E-state index in [1.165, 1.54) is 11.3 Å². The van der Waals surface area contributed by atoms with Crippen molar-refractivity contribution in [2.24, 2.45) is 0 Å². The van der Waals surface area contributed by atoms with Crippen LogP contribution in [0, 0.1) is 0 Å². The van der Waals surface area contributed by atoms with Crippen LogP contribution in [0.3, 0.4) is 0 Å². The molecule has 0 aliphatic carbocycles. The smallest absolute Gasteiger partial charge is 0.267 e. The number of nitrogens with one attached hydrogen (secondary N) is 1. The zero-order valence-electron chi connectivity index (χ0n) is 8.94. The van der Waals surface area contributed by atoms with Crippen LogP contribution in [-0.4, -0.2) is 18.0 Å². The Labute approximate surface area is 111 Å². The average Bonchev–Trinajstić information content (AvgIpc) is 2.77. The van der Waals surface area contributed by atoms with Gasteiger partial charge >= 0.3 is 0 Å². The van der Waals surface area contributed by atoms with E-state index < -0.39 is 0 Å². The fourth-order valence-corrected chi connectivity index (χ4v) is 2.29. The van der Waals surface area contributed by atoms with Crippen molar-refractivity contribution < 1.29 is 9.53 Å². The summed E-state index contributed by atoms with van der Waals surface area (Å²) in [6.07, 6.45) is 0. The third-order valence-electron chi connectivity index (χ3n) is 1.99. The third kappa shape index (κ3) is 3.04. The lowest BCUT2D eigenvalue weighted by Crippen LogP contribution is -2.11. The van der Waals surface area contributed by atoms with E-state index in [4.69, 9.17) is 4.74 Å². The lowest BCUT2D eigenvalue weighted by atomic mass is 10.4. The first-order chi connectivity index (χ1) is 8.19. The molecule has 2 heterocycles. The zero-order chi connectivity index (χ0) is 12.3. The second-order valence-electron chi connectivity index (χ2n) is 3.15. The number of aromatic nitrogens is 1. The van der Waals surface area contributed by atoms with E-state index in [1.54, 1.807) is 30.7 Å². The predicted molar refractivity (Wildman–Crippen MR) is 70.8 cm³/mol. The van der Waals surface area contributed by atoms with Crippen molar-refractivity contribution >= 4 is 39.0 Å². The Morgan fingerprint density at radius 1 is 1.53 bits per heavy atom. The molecule has 0 unspecified atom stereocenters. The van der Waals surface area contributed by atoms with Gasteiger partial charge in [0.2, 0.25) is 0 Å². The Balaban J connectivity index is 2.11. The van der Waals surface area contributed by atoms with Gasteiger partial charge in [-0.1, -0.05) is 6.07 Å². The molecule has 1 N–H and O–H groups in total. The number of halogens is 1. The predicted octanol–water partition coefficient (Wildman–Crippen LogP) is 3.17. The van der Waals surface area contributed by atoms with E-state index in [9.17, 15) is 4.79 Å². The number of hydrogen-bond donors (Lipinski definition) is 1. The molecule has 0 bridgehead atoms. The highest BCUT2D eigenvalue weighted by molar-refractivity contribution is 9.10. The minimum Gasteiger partial charge on any atom is -0.496 e. The molecule has 0 aliphatic heterocycles. The number of pyridine rings is 1. The van der Waals surface area contributed by atoms with Crippen LogP contribution in [-0.2, 0) is 0 Å². The number of thiophene rings is 1. The quantitative estimate of drug-likeness (QED) is 0.886. The molecule has 1 amide bonds. The molecule has 2 aromatic rings. The summed E-state index contributed by atoms with van der Waals surface area (Å²) in [5.74, 6) is 1.00. The molecule has 0 radical (unpaired) electrons. The molecule has 2 aromatic heterocycles. The number of nitrogens with zero attached hydrogens (tertiary/aromatic N) is 1. The van der Waals surface area contributed by atoms with Crippen LogP contribution in [0.2, 0.25) is 0 Å². The second-order valence-corrected chi connectivity index (χ2v) is 4.87. The Morgan fingerprint density at radius 2 is 2.35 bits per heavy atom. The van der Waals surface area contributed by atoms with Gasteiger partial charge in [-0.25, -0.2) is 4.98 Å². The molecule has 0 atom stereocenters. The molecule has 6 heteroatoms. The molecule has 88 valence electrons.